The third kappa shape index (κ3) is 2.96. The second kappa shape index (κ2) is 6.83. The monoisotopic (exact) mass is 452 g/mol. The van der Waals surface area contributed by atoms with Crippen LogP contribution in [0, 0.1) is 0 Å². The van der Waals surface area contributed by atoms with Gasteiger partial charge in [0.2, 0.25) is 0 Å². The van der Waals surface area contributed by atoms with Crippen LogP contribution < -0.4 is 7.91 Å². The van der Waals surface area contributed by atoms with Gasteiger partial charge in [-0.3, -0.25) is 0 Å². The van der Waals surface area contributed by atoms with Crippen LogP contribution in [0.3, 0.4) is 0 Å². The van der Waals surface area contributed by atoms with Gasteiger partial charge in [0, 0.05) is 0 Å². The van der Waals surface area contributed by atoms with Crippen LogP contribution in [-0.4, -0.2) is 0 Å². The summed E-state index contributed by atoms with van der Waals surface area (Å²) >= 11 is -0.512. The Balaban J connectivity index is 1.55. The van der Waals surface area contributed by atoms with E-state index in [-0.39, 0.29) is 0 Å². The molecular weight excluding hydrogens is 432 g/mol. The molecule has 0 aliphatic carbocycles. The van der Waals surface area contributed by atoms with E-state index in [1.165, 1.54) is 51.0 Å². The Kier molecular flexibility index (Phi) is 3.99. The van der Waals surface area contributed by atoms with Crippen molar-refractivity contribution >= 4 is 51.0 Å². The van der Waals surface area contributed by atoms with Crippen LogP contribution in [0.15, 0.2) is 109 Å². The molecule has 29 heavy (non-hydrogen) atoms. The van der Waals surface area contributed by atoms with Gasteiger partial charge in [0.25, 0.3) is 0 Å². The molecule has 0 aromatic heterocycles. The summed E-state index contributed by atoms with van der Waals surface area (Å²) in [6.07, 6.45) is 0. The number of hydrogen-bond donors (Lipinski definition) is 0. The van der Waals surface area contributed by atoms with Crippen molar-refractivity contribution in [3.63, 3.8) is 0 Å². The summed E-state index contributed by atoms with van der Waals surface area (Å²) in [5.74, 6) is 0. The van der Waals surface area contributed by atoms with Crippen molar-refractivity contribution in [1.29, 1.82) is 0 Å². The summed E-state index contributed by atoms with van der Waals surface area (Å²) in [6.45, 7) is 0. The molecule has 0 amide bonds. The van der Waals surface area contributed by atoms with Gasteiger partial charge in [-0.15, -0.1) is 0 Å². The predicted octanol–water partition coefficient (Wildman–Crippen LogP) is 6.33. The average Bonchev–Trinajstić information content (AvgIpc) is 2.77. The second-order valence-corrected chi connectivity index (χ2v) is 10.1. The first-order valence-electron chi connectivity index (χ1n) is 9.86. The van der Waals surface area contributed by atoms with Crippen molar-refractivity contribution in [1.82, 2.24) is 0 Å². The topological polar surface area (TPSA) is 0 Å². The summed E-state index contributed by atoms with van der Waals surface area (Å²) in [7, 11) is 0. The molecular formula is C28H18Mo. The zero-order valence-electron chi connectivity index (χ0n) is 15.8. The number of fused-ring (bicyclic) bond motifs is 4. The molecule has 0 heterocycles. The molecule has 6 aromatic carbocycles. The summed E-state index contributed by atoms with van der Waals surface area (Å²) in [6, 6.07) is 40.4. The van der Waals surface area contributed by atoms with Crippen LogP contribution >= 0.6 is 0 Å². The van der Waals surface area contributed by atoms with Crippen LogP contribution in [0.25, 0.3) is 43.1 Å². The molecule has 0 unspecified atom stereocenters. The van der Waals surface area contributed by atoms with Gasteiger partial charge in [-0.05, 0) is 0 Å². The Hall–Kier alpha value is -2.95. The van der Waals surface area contributed by atoms with Crippen molar-refractivity contribution in [3.8, 4) is 0 Å². The van der Waals surface area contributed by atoms with E-state index in [0.717, 1.165) is 0 Å². The standard InChI is InChI=1S/2C14H9.Mo/c2*1-2-6-12-10-14-8-4-3-7-13(14)9-11(12)5-1;/h2*1-7,9-10H;. The van der Waals surface area contributed by atoms with Crippen LogP contribution in [0.1, 0.15) is 0 Å². The molecule has 0 bridgehead atoms. The van der Waals surface area contributed by atoms with Crippen molar-refractivity contribution in [2.75, 3.05) is 0 Å². The van der Waals surface area contributed by atoms with Gasteiger partial charge in [-0.2, -0.15) is 0 Å². The number of benzene rings is 6. The van der Waals surface area contributed by atoms with E-state index < -0.39 is 18.6 Å². The normalized spacial score (nSPS) is 11.6. The first kappa shape index (κ1) is 17.0. The molecule has 0 atom stereocenters. The first-order chi connectivity index (χ1) is 14.3. The summed E-state index contributed by atoms with van der Waals surface area (Å²) in [5.41, 5.74) is 0. The molecule has 0 radical (unpaired) electrons. The van der Waals surface area contributed by atoms with E-state index in [0.29, 0.717) is 0 Å². The van der Waals surface area contributed by atoms with Gasteiger partial charge >= 0.3 is 179 Å². The van der Waals surface area contributed by atoms with Crippen LogP contribution in [-0.2, 0) is 18.6 Å². The molecule has 0 nitrogen and oxygen atoms in total. The third-order valence-corrected chi connectivity index (χ3v) is 8.46. The fraction of sp³-hybridized carbons (Fsp3) is 0. The fourth-order valence-electron chi connectivity index (χ4n) is 4.17. The summed E-state index contributed by atoms with van der Waals surface area (Å²) in [4.78, 5) is 0. The quantitative estimate of drug-likeness (QED) is 0.214. The van der Waals surface area contributed by atoms with E-state index >= 15 is 0 Å². The molecule has 1 heteroatoms. The molecule has 0 fully saturated rings. The zero-order valence-corrected chi connectivity index (χ0v) is 17.8. The summed E-state index contributed by atoms with van der Waals surface area (Å²) in [5, 5.41) is 10.8. The number of rotatable bonds is 2. The van der Waals surface area contributed by atoms with E-state index in [1.807, 2.05) is 0 Å². The Labute approximate surface area is 178 Å². The van der Waals surface area contributed by atoms with Gasteiger partial charge < -0.3 is 0 Å². The SMILES string of the molecule is c1ccc2cc3[c]([Mo][c]4cccc5cc6ccccc6cc45)cccc3cc2c1. The number of hydrogen-bond acceptors (Lipinski definition) is 0. The van der Waals surface area contributed by atoms with Gasteiger partial charge in [0.1, 0.15) is 0 Å². The van der Waals surface area contributed by atoms with Crippen molar-refractivity contribution in [2.24, 2.45) is 0 Å². The minimum absolute atomic E-state index is 0.512. The molecule has 0 spiro atoms. The second-order valence-electron chi connectivity index (χ2n) is 7.46. The van der Waals surface area contributed by atoms with Crippen LogP contribution in [0.2, 0.25) is 0 Å². The predicted molar refractivity (Wildman–Crippen MR) is 122 cm³/mol. The zero-order chi connectivity index (χ0) is 19.2. The molecule has 6 rings (SSSR count). The van der Waals surface area contributed by atoms with E-state index in [1.54, 1.807) is 0 Å². The van der Waals surface area contributed by atoms with Crippen molar-refractivity contribution in [3.05, 3.63) is 109 Å². The van der Waals surface area contributed by atoms with E-state index in [2.05, 4.69) is 109 Å². The average molecular weight is 450 g/mol. The Morgan fingerprint density at radius 2 is 0.724 bits per heavy atom. The molecule has 136 valence electrons. The minimum atomic E-state index is -0.512. The Morgan fingerprint density at radius 1 is 0.345 bits per heavy atom. The fourth-order valence-corrected chi connectivity index (χ4v) is 6.89. The van der Waals surface area contributed by atoms with Gasteiger partial charge in [-0.1, -0.05) is 0 Å². The third-order valence-electron chi connectivity index (χ3n) is 5.63. The van der Waals surface area contributed by atoms with Gasteiger partial charge in [0.15, 0.2) is 0 Å². The van der Waals surface area contributed by atoms with Gasteiger partial charge in [-0.25, -0.2) is 0 Å². The van der Waals surface area contributed by atoms with E-state index in [9.17, 15) is 0 Å². The molecule has 0 aliphatic heterocycles. The van der Waals surface area contributed by atoms with Gasteiger partial charge in [0.05, 0.1) is 0 Å². The van der Waals surface area contributed by atoms with Crippen molar-refractivity contribution < 1.29 is 18.6 Å². The molecule has 0 saturated heterocycles. The maximum absolute atomic E-state index is 2.38. The Morgan fingerprint density at radius 3 is 1.17 bits per heavy atom. The van der Waals surface area contributed by atoms with Crippen molar-refractivity contribution in [2.45, 2.75) is 0 Å². The molecule has 0 N–H and O–H groups in total. The van der Waals surface area contributed by atoms with E-state index in [4.69, 9.17) is 0 Å². The molecule has 6 aromatic rings. The first-order valence-corrected chi connectivity index (χ1v) is 11.9. The summed E-state index contributed by atoms with van der Waals surface area (Å²) < 4.78 is 3.03. The maximum atomic E-state index is 2.38. The van der Waals surface area contributed by atoms with Crippen LogP contribution in [0.5, 0.6) is 0 Å². The molecule has 0 aliphatic rings. The molecule has 0 saturated carbocycles. The van der Waals surface area contributed by atoms with Crippen LogP contribution in [0.4, 0.5) is 0 Å². The Bertz CT molecular complexity index is 1410.